The Morgan fingerprint density at radius 1 is 1.00 bits per heavy atom. The van der Waals surface area contributed by atoms with Gasteiger partial charge in [0.15, 0.2) is 0 Å². The Hall–Kier alpha value is -2.51. The van der Waals surface area contributed by atoms with Gasteiger partial charge in [0, 0.05) is 94.1 Å². The van der Waals surface area contributed by atoms with Gasteiger partial charge in [0.25, 0.3) is 5.91 Å². The first-order chi connectivity index (χ1) is 23.2. The van der Waals surface area contributed by atoms with E-state index in [0.29, 0.717) is 64.5 Å². The fourth-order valence-corrected chi connectivity index (χ4v) is 9.03. The van der Waals surface area contributed by atoms with Gasteiger partial charge in [0.2, 0.25) is 11.6 Å². The highest BCUT2D eigenvalue weighted by Gasteiger charge is 2.56. The molecule has 4 heterocycles. The molecule has 8 nitrogen and oxygen atoms in total. The molecule has 4 aliphatic heterocycles. The van der Waals surface area contributed by atoms with Crippen molar-refractivity contribution >= 4 is 40.1 Å². The maximum Gasteiger partial charge on any atom is 0.262 e. The van der Waals surface area contributed by atoms with Crippen molar-refractivity contribution in [1.29, 1.82) is 0 Å². The molecule has 2 aromatic rings. The number of ether oxygens (including phenoxy) is 2. The SMILES string of the molecule is COc1ccc([C@@H]2CN(C3CCOCC3)C[C@@]2(F)C(=O)N2CCC(c3ccc(F)cc3N3CCC(C(=O)N(C)CCI)CC3)CC2)cc1. The third-order valence-corrected chi connectivity index (χ3v) is 11.7. The summed E-state index contributed by atoms with van der Waals surface area (Å²) in [5.41, 5.74) is 0.741. The van der Waals surface area contributed by atoms with E-state index in [1.165, 1.54) is 6.07 Å². The summed E-state index contributed by atoms with van der Waals surface area (Å²) >= 11 is 2.29. The highest BCUT2D eigenvalue weighted by molar-refractivity contribution is 14.1. The average Bonchev–Trinajstić information content (AvgIpc) is 3.50. The summed E-state index contributed by atoms with van der Waals surface area (Å²) in [5, 5.41) is 0. The van der Waals surface area contributed by atoms with Crippen molar-refractivity contribution in [2.75, 3.05) is 82.5 Å². The highest BCUT2D eigenvalue weighted by atomic mass is 127. The van der Waals surface area contributed by atoms with Crippen LogP contribution >= 0.6 is 22.6 Å². The van der Waals surface area contributed by atoms with E-state index in [1.54, 1.807) is 18.1 Å². The van der Waals surface area contributed by atoms with E-state index in [9.17, 15) is 14.0 Å². The number of hydrogen-bond acceptors (Lipinski definition) is 6. The van der Waals surface area contributed by atoms with Crippen molar-refractivity contribution in [3.05, 3.63) is 59.4 Å². The molecule has 2 atom stereocenters. The third-order valence-electron chi connectivity index (χ3n) is 11.2. The number of anilines is 1. The van der Waals surface area contributed by atoms with Crippen molar-refractivity contribution < 1.29 is 27.8 Å². The van der Waals surface area contributed by atoms with Crippen LogP contribution in [-0.2, 0) is 14.3 Å². The molecule has 48 heavy (non-hydrogen) atoms. The van der Waals surface area contributed by atoms with Crippen LogP contribution in [0.1, 0.15) is 61.5 Å². The van der Waals surface area contributed by atoms with E-state index in [0.717, 1.165) is 53.5 Å². The lowest BCUT2D eigenvalue weighted by Gasteiger charge is -2.39. The van der Waals surface area contributed by atoms with E-state index >= 15 is 4.39 Å². The fourth-order valence-electron chi connectivity index (χ4n) is 8.31. The van der Waals surface area contributed by atoms with Crippen molar-refractivity contribution in [2.45, 2.75) is 62.1 Å². The van der Waals surface area contributed by atoms with Crippen LogP contribution in [0.3, 0.4) is 0 Å². The van der Waals surface area contributed by atoms with Gasteiger partial charge in [0.1, 0.15) is 11.6 Å². The Balaban J connectivity index is 1.14. The van der Waals surface area contributed by atoms with Gasteiger partial charge < -0.3 is 24.2 Å². The quantitative estimate of drug-likeness (QED) is 0.243. The highest BCUT2D eigenvalue weighted by Crippen LogP contribution is 2.44. The molecule has 2 amide bonds. The lowest BCUT2D eigenvalue weighted by Crippen LogP contribution is -2.53. The maximum absolute atomic E-state index is 17.4. The molecule has 4 saturated heterocycles. The number of likely N-dealkylation sites (tertiary alicyclic amines) is 2. The Morgan fingerprint density at radius 3 is 2.33 bits per heavy atom. The predicted octanol–water partition coefficient (Wildman–Crippen LogP) is 5.64. The number of carbonyl (C=O) groups excluding carboxylic acids is 2. The minimum atomic E-state index is -2.03. The molecule has 0 bridgehead atoms. The van der Waals surface area contributed by atoms with Gasteiger partial charge in [-0.1, -0.05) is 40.8 Å². The monoisotopic (exact) mass is 778 g/mol. The third kappa shape index (κ3) is 7.47. The minimum absolute atomic E-state index is 0.00631. The van der Waals surface area contributed by atoms with Gasteiger partial charge in [-0.2, -0.15) is 0 Å². The second kappa shape index (κ2) is 15.6. The fraction of sp³-hybridized carbons (Fsp3) is 0.622. The first-order valence-electron chi connectivity index (χ1n) is 17.5. The van der Waals surface area contributed by atoms with E-state index < -0.39 is 17.5 Å². The van der Waals surface area contributed by atoms with E-state index in [2.05, 4.69) is 32.4 Å². The topological polar surface area (TPSA) is 65.6 Å². The van der Waals surface area contributed by atoms with Crippen LogP contribution in [0.2, 0.25) is 0 Å². The molecule has 0 aromatic heterocycles. The van der Waals surface area contributed by atoms with Crippen LogP contribution < -0.4 is 9.64 Å². The summed E-state index contributed by atoms with van der Waals surface area (Å²) in [7, 11) is 3.48. The lowest BCUT2D eigenvalue weighted by atomic mass is 9.83. The van der Waals surface area contributed by atoms with Crippen molar-refractivity contribution in [1.82, 2.24) is 14.7 Å². The first kappa shape index (κ1) is 35.3. The van der Waals surface area contributed by atoms with Crippen LogP contribution in [0.4, 0.5) is 14.5 Å². The number of piperidine rings is 2. The average molecular weight is 779 g/mol. The number of halogens is 3. The molecular weight excluding hydrogens is 729 g/mol. The Labute approximate surface area is 297 Å². The Morgan fingerprint density at radius 2 is 1.69 bits per heavy atom. The normalized spacial score (nSPS) is 25.0. The molecule has 262 valence electrons. The Kier molecular flexibility index (Phi) is 11.5. The summed E-state index contributed by atoms with van der Waals surface area (Å²) in [5.74, 6) is -0.247. The molecule has 4 fully saturated rings. The number of alkyl halides is 2. The number of hydrogen-bond donors (Lipinski definition) is 0. The largest absolute Gasteiger partial charge is 0.497 e. The molecule has 0 N–H and O–H groups in total. The maximum atomic E-state index is 17.4. The van der Waals surface area contributed by atoms with Crippen molar-refractivity contribution in [2.24, 2.45) is 5.92 Å². The van der Waals surface area contributed by atoms with E-state index in [-0.39, 0.29) is 36.1 Å². The van der Waals surface area contributed by atoms with E-state index in [4.69, 9.17) is 9.47 Å². The summed E-state index contributed by atoms with van der Waals surface area (Å²) in [4.78, 5) is 35.1. The molecule has 0 saturated carbocycles. The van der Waals surface area contributed by atoms with Crippen LogP contribution in [0.15, 0.2) is 42.5 Å². The lowest BCUT2D eigenvalue weighted by molar-refractivity contribution is -0.145. The van der Waals surface area contributed by atoms with Gasteiger partial charge in [-0.05, 0) is 79.8 Å². The molecule has 0 unspecified atom stereocenters. The summed E-state index contributed by atoms with van der Waals surface area (Å²) in [6, 6.07) is 12.7. The molecule has 2 aromatic carbocycles. The minimum Gasteiger partial charge on any atom is -0.497 e. The zero-order valence-corrected chi connectivity index (χ0v) is 30.4. The zero-order valence-electron chi connectivity index (χ0n) is 28.2. The molecule has 0 spiro atoms. The van der Waals surface area contributed by atoms with Gasteiger partial charge in [-0.3, -0.25) is 14.5 Å². The van der Waals surface area contributed by atoms with Crippen LogP contribution in [0.5, 0.6) is 5.75 Å². The number of benzene rings is 2. The smallest absolute Gasteiger partial charge is 0.262 e. The van der Waals surface area contributed by atoms with Gasteiger partial charge in [0.05, 0.1) is 7.11 Å². The second-order valence-corrected chi connectivity index (χ2v) is 15.0. The molecule has 11 heteroatoms. The molecule has 0 aliphatic carbocycles. The van der Waals surface area contributed by atoms with E-state index in [1.807, 2.05) is 42.3 Å². The summed E-state index contributed by atoms with van der Waals surface area (Å²) in [6.45, 7) is 4.95. The van der Waals surface area contributed by atoms with Crippen molar-refractivity contribution in [3.63, 3.8) is 0 Å². The zero-order chi connectivity index (χ0) is 33.8. The van der Waals surface area contributed by atoms with Gasteiger partial charge >= 0.3 is 0 Å². The number of carbonyl (C=O) groups is 2. The van der Waals surface area contributed by atoms with Crippen molar-refractivity contribution in [3.8, 4) is 5.75 Å². The predicted molar refractivity (Wildman–Crippen MR) is 191 cm³/mol. The summed E-state index contributed by atoms with van der Waals surface area (Å²) < 4.78 is 43.9. The molecule has 0 radical (unpaired) electrons. The number of rotatable bonds is 9. The second-order valence-electron chi connectivity index (χ2n) is 13.9. The molecule has 4 aliphatic rings. The standard InChI is InChI=1S/C37H49F2IN4O4/c1-41(20-15-40)35(45)28-11-16-42(17-12-28)34-23-29(38)5-8-32(34)26-9-18-43(19-10-26)36(46)37(39)25-44(30-13-21-48-22-14-30)24-33(37)27-3-6-31(47-2)7-4-27/h3-8,23,26,28,30,33H,9-22,24-25H2,1-2H3/t33-,37-/m0/s1. The number of nitrogens with zero attached hydrogens (tertiary/aromatic N) is 4. The molecule has 6 rings (SSSR count). The first-order valence-corrected chi connectivity index (χ1v) is 19.0. The number of amides is 2. The molecular formula is C37H49F2IN4O4. The van der Waals surface area contributed by atoms with Gasteiger partial charge in [-0.15, -0.1) is 0 Å². The summed E-state index contributed by atoms with van der Waals surface area (Å²) in [6.07, 6.45) is 4.54. The number of methoxy groups -OCH3 is 1. The van der Waals surface area contributed by atoms with Gasteiger partial charge in [-0.25, -0.2) is 8.78 Å². The Bertz CT molecular complexity index is 1410. The van der Waals surface area contributed by atoms with Crippen LogP contribution in [0.25, 0.3) is 0 Å². The van der Waals surface area contributed by atoms with Crippen LogP contribution in [-0.4, -0.2) is 116 Å². The van der Waals surface area contributed by atoms with Crippen LogP contribution in [0, 0.1) is 11.7 Å².